The lowest BCUT2D eigenvalue weighted by Crippen LogP contribution is -2.30. The molecule has 5 atom stereocenters. The zero-order valence-electron chi connectivity index (χ0n) is 68.2. The molecule has 3 N–H and O–H groups in total. The summed E-state index contributed by atoms with van der Waals surface area (Å²) >= 11 is 0. The minimum absolute atomic E-state index is 0.109. The standard InChI is InChI=1S/C85H166O17P2/c1-6-9-12-15-18-21-23-25-27-29-31-33-37-41-45-49-54-59-64-69-83(88)96-75-81(102-85(90)71-66-61-56-51-47-43-39-35-34-36-40-44-48-52-57-62-67-78(4)5)77-100-104(93,94)98-73-79(86)72-97-103(91,92)99-76-80(74-95-82(87)68-63-58-53-20-17-14-11-8-3)101-84(89)70-65-60-55-50-46-42-38-32-30-28-26-24-22-19-16-13-10-7-2/h78-81,86H,6-77H2,1-5H3,(H,91,92)(H,93,94)/t79-,80+,81+/m0/s1. The van der Waals surface area contributed by atoms with Gasteiger partial charge in [-0.15, -0.1) is 0 Å². The molecule has 0 rings (SSSR count). The first-order chi connectivity index (χ1) is 50.5. The second kappa shape index (κ2) is 77.8. The summed E-state index contributed by atoms with van der Waals surface area (Å²) in [6, 6.07) is 0. The van der Waals surface area contributed by atoms with Gasteiger partial charge in [0.1, 0.15) is 19.3 Å². The summed E-state index contributed by atoms with van der Waals surface area (Å²) in [7, 11) is -9.92. The smallest absolute Gasteiger partial charge is 0.462 e. The van der Waals surface area contributed by atoms with Crippen molar-refractivity contribution in [3.05, 3.63) is 0 Å². The number of aliphatic hydroxyl groups is 1. The van der Waals surface area contributed by atoms with Gasteiger partial charge in [-0.05, 0) is 31.6 Å². The molecule has 0 aromatic heterocycles. The minimum Gasteiger partial charge on any atom is -0.462 e. The van der Waals surface area contributed by atoms with Gasteiger partial charge in [0.25, 0.3) is 0 Å². The minimum atomic E-state index is -4.96. The number of unbranched alkanes of at least 4 members (excludes halogenated alkanes) is 57. The number of ether oxygens (including phenoxy) is 4. The molecule has 19 heteroatoms. The Kier molecular flexibility index (Phi) is 76.3. The first kappa shape index (κ1) is 102. The summed E-state index contributed by atoms with van der Waals surface area (Å²) in [5, 5.41) is 10.7. The van der Waals surface area contributed by atoms with Crippen LogP contribution in [0.2, 0.25) is 0 Å². The Hall–Kier alpha value is -1.94. The number of rotatable bonds is 85. The summed E-state index contributed by atoms with van der Waals surface area (Å²) in [6.07, 6.45) is 70.9. The van der Waals surface area contributed by atoms with E-state index in [9.17, 15) is 43.2 Å². The number of hydrogen-bond donors (Lipinski definition) is 3. The molecular formula is C85H166O17P2. The van der Waals surface area contributed by atoms with E-state index in [1.165, 1.54) is 283 Å². The number of phosphoric acid groups is 2. The zero-order valence-corrected chi connectivity index (χ0v) is 70.0. The van der Waals surface area contributed by atoms with Crippen LogP contribution >= 0.6 is 15.6 Å². The maximum Gasteiger partial charge on any atom is 0.472 e. The Morgan fingerprint density at radius 1 is 0.260 bits per heavy atom. The summed E-state index contributed by atoms with van der Waals surface area (Å²) in [4.78, 5) is 73.1. The molecule has 104 heavy (non-hydrogen) atoms. The van der Waals surface area contributed by atoms with Gasteiger partial charge in [-0.2, -0.15) is 0 Å². The van der Waals surface area contributed by atoms with Gasteiger partial charge in [0.2, 0.25) is 0 Å². The molecule has 0 amide bonds. The van der Waals surface area contributed by atoms with Crippen LogP contribution in [-0.4, -0.2) is 96.7 Å². The molecule has 0 fully saturated rings. The van der Waals surface area contributed by atoms with E-state index < -0.39 is 97.5 Å². The highest BCUT2D eigenvalue weighted by Crippen LogP contribution is 2.45. The Morgan fingerprint density at radius 3 is 0.654 bits per heavy atom. The van der Waals surface area contributed by atoms with Crippen molar-refractivity contribution < 1.29 is 80.2 Å². The van der Waals surface area contributed by atoms with Crippen LogP contribution in [0.15, 0.2) is 0 Å². The van der Waals surface area contributed by atoms with Gasteiger partial charge >= 0.3 is 39.5 Å². The number of esters is 4. The molecule has 0 radical (unpaired) electrons. The lowest BCUT2D eigenvalue weighted by atomic mass is 10.0. The lowest BCUT2D eigenvalue weighted by Gasteiger charge is -2.21. The third-order valence-electron chi connectivity index (χ3n) is 20.0. The molecule has 0 saturated carbocycles. The third-order valence-corrected chi connectivity index (χ3v) is 21.9. The predicted octanol–water partition coefficient (Wildman–Crippen LogP) is 26.0. The van der Waals surface area contributed by atoms with E-state index in [2.05, 4.69) is 34.6 Å². The van der Waals surface area contributed by atoms with E-state index in [0.717, 1.165) is 95.8 Å². The number of hydrogen-bond acceptors (Lipinski definition) is 15. The van der Waals surface area contributed by atoms with Crippen molar-refractivity contribution in [3.8, 4) is 0 Å². The van der Waals surface area contributed by atoms with Gasteiger partial charge in [0, 0.05) is 25.7 Å². The number of carbonyl (C=O) groups excluding carboxylic acids is 4. The van der Waals surface area contributed by atoms with E-state index in [4.69, 9.17) is 37.0 Å². The Labute approximate surface area is 638 Å². The van der Waals surface area contributed by atoms with Crippen LogP contribution in [0.25, 0.3) is 0 Å². The SMILES string of the molecule is CCCCCCCCCCCCCCCCCCCCCC(=O)OC[C@H](COP(=O)(O)OC[C@@H](O)COP(=O)(O)OC[C@@H](COC(=O)CCCCCCCCCC)OC(=O)CCCCCCCCCCCCCCCCCCCC)OC(=O)CCCCCCCCCCCCCCCCCCC(C)C. The van der Waals surface area contributed by atoms with Gasteiger partial charge in [0.15, 0.2) is 12.2 Å². The Balaban J connectivity index is 5.18. The summed E-state index contributed by atoms with van der Waals surface area (Å²) < 4.78 is 68.8. The fourth-order valence-electron chi connectivity index (χ4n) is 13.3. The van der Waals surface area contributed by atoms with E-state index in [0.29, 0.717) is 25.7 Å². The molecule has 0 aromatic carbocycles. The van der Waals surface area contributed by atoms with E-state index >= 15 is 0 Å². The topological polar surface area (TPSA) is 237 Å². The van der Waals surface area contributed by atoms with Crippen molar-refractivity contribution in [2.24, 2.45) is 5.92 Å². The highest BCUT2D eigenvalue weighted by atomic mass is 31.2. The predicted molar refractivity (Wildman–Crippen MR) is 428 cm³/mol. The van der Waals surface area contributed by atoms with Gasteiger partial charge < -0.3 is 33.8 Å². The van der Waals surface area contributed by atoms with Crippen molar-refractivity contribution in [1.29, 1.82) is 0 Å². The third kappa shape index (κ3) is 78.2. The largest absolute Gasteiger partial charge is 0.472 e. The van der Waals surface area contributed by atoms with E-state index in [-0.39, 0.29) is 25.7 Å². The van der Waals surface area contributed by atoms with Crippen LogP contribution in [0.3, 0.4) is 0 Å². The molecule has 0 spiro atoms. The van der Waals surface area contributed by atoms with Crippen molar-refractivity contribution >= 4 is 39.5 Å². The molecule has 2 unspecified atom stereocenters. The highest BCUT2D eigenvalue weighted by molar-refractivity contribution is 7.47. The van der Waals surface area contributed by atoms with Crippen molar-refractivity contribution in [2.45, 2.75) is 477 Å². The fourth-order valence-corrected chi connectivity index (χ4v) is 14.9. The van der Waals surface area contributed by atoms with Gasteiger partial charge in [0.05, 0.1) is 26.4 Å². The van der Waals surface area contributed by atoms with Crippen LogP contribution in [0, 0.1) is 5.92 Å². The van der Waals surface area contributed by atoms with Crippen molar-refractivity contribution in [3.63, 3.8) is 0 Å². The van der Waals surface area contributed by atoms with E-state index in [1.807, 2.05) is 0 Å². The van der Waals surface area contributed by atoms with Crippen molar-refractivity contribution in [1.82, 2.24) is 0 Å². The molecule has 0 aromatic rings. The molecule has 0 heterocycles. The number of carbonyl (C=O) groups is 4. The quantitative estimate of drug-likeness (QED) is 0.0222. The molecule has 618 valence electrons. The van der Waals surface area contributed by atoms with Gasteiger partial charge in [-0.25, -0.2) is 9.13 Å². The maximum atomic E-state index is 13.1. The molecule has 0 aliphatic rings. The summed E-state index contributed by atoms with van der Waals surface area (Å²) in [5.74, 6) is -1.29. The number of aliphatic hydroxyl groups excluding tert-OH is 1. The second-order valence-corrected chi connectivity index (χ2v) is 34.0. The normalized spacial score (nSPS) is 13.8. The Bertz CT molecular complexity index is 1980. The number of phosphoric ester groups is 2. The monoisotopic (exact) mass is 1520 g/mol. The molecule has 17 nitrogen and oxygen atoms in total. The summed E-state index contributed by atoms with van der Waals surface area (Å²) in [6.45, 7) is 7.36. The van der Waals surface area contributed by atoms with Gasteiger partial charge in [-0.1, -0.05) is 407 Å². The van der Waals surface area contributed by atoms with Crippen LogP contribution < -0.4 is 0 Å². The lowest BCUT2D eigenvalue weighted by molar-refractivity contribution is -0.161. The molecule has 0 aliphatic heterocycles. The fraction of sp³-hybridized carbons (Fsp3) is 0.953. The first-order valence-corrected chi connectivity index (χ1v) is 47.1. The average Bonchev–Trinajstić information content (AvgIpc) is 1.42. The van der Waals surface area contributed by atoms with Crippen LogP contribution in [0.1, 0.15) is 458 Å². The maximum absolute atomic E-state index is 13.1. The average molecular weight is 1520 g/mol. The molecular weight excluding hydrogens is 1350 g/mol. The van der Waals surface area contributed by atoms with Crippen LogP contribution in [-0.2, 0) is 65.4 Å². The second-order valence-electron chi connectivity index (χ2n) is 31.1. The Morgan fingerprint density at radius 2 is 0.442 bits per heavy atom. The van der Waals surface area contributed by atoms with Crippen LogP contribution in [0.4, 0.5) is 0 Å². The van der Waals surface area contributed by atoms with E-state index in [1.54, 1.807) is 0 Å². The summed E-state index contributed by atoms with van der Waals surface area (Å²) in [5.41, 5.74) is 0. The molecule has 0 aliphatic carbocycles. The van der Waals surface area contributed by atoms with Crippen molar-refractivity contribution in [2.75, 3.05) is 39.6 Å². The highest BCUT2D eigenvalue weighted by Gasteiger charge is 2.30. The molecule has 0 bridgehead atoms. The zero-order chi connectivity index (χ0) is 76.2. The first-order valence-electron chi connectivity index (χ1n) is 44.1. The van der Waals surface area contributed by atoms with Gasteiger partial charge in [-0.3, -0.25) is 37.3 Å². The molecule has 0 saturated heterocycles. The van der Waals surface area contributed by atoms with Crippen LogP contribution in [0.5, 0.6) is 0 Å².